The van der Waals surface area contributed by atoms with E-state index in [0.29, 0.717) is 0 Å². The van der Waals surface area contributed by atoms with Gasteiger partial charge < -0.3 is 4.57 Å². The minimum Gasteiger partial charge on any atom is -0.309 e. The van der Waals surface area contributed by atoms with Crippen LogP contribution in [0, 0.1) is 0 Å². The molecule has 0 N–H and O–H groups in total. The molecule has 13 rings (SSSR count). The van der Waals surface area contributed by atoms with Crippen molar-refractivity contribution in [1.29, 1.82) is 0 Å². The second-order valence-corrected chi connectivity index (χ2v) is 21.6. The lowest BCUT2D eigenvalue weighted by atomic mass is 9.74. The van der Waals surface area contributed by atoms with Crippen LogP contribution in [0.4, 0.5) is 17.2 Å². The molecule has 5 nitrogen and oxygen atoms in total. The normalized spacial score (nSPS) is 13.5. The fourth-order valence-electron chi connectivity index (χ4n) is 11.2. The van der Waals surface area contributed by atoms with Crippen LogP contribution in [0.5, 0.6) is 0 Å². The molecule has 65 heavy (non-hydrogen) atoms. The van der Waals surface area contributed by atoms with Crippen molar-refractivity contribution in [2.24, 2.45) is 0 Å². The molecule has 0 amide bonds. The van der Waals surface area contributed by atoms with Crippen LogP contribution in [0.1, 0.15) is 25.0 Å². The number of nitrogens with zero attached hydrogens (tertiary/aromatic N) is 5. The van der Waals surface area contributed by atoms with Gasteiger partial charge in [0.2, 0.25) is 0 Å². The molecule has 0 fully saturated rings. The van der Waals surface area contributed by atoms with Gasteiger partial charge in [-0.1, -0.05) is 166 Å². The summed E-state index contributed by atoms with van der Waals surface area (Å²) in [7, 11) is -3.07. The summed E-state index contributed by atoms with van der Waals surface area (Å²) in [5.41, 5.74) is 9.97. The van der Waals surface area contributed by atoms with Crippen LogP contribution >= 0.6 is 0 Å². The topological polar surface area (TPSA) is 38.4 Å². The Hall–Kier alpha value is -8.06. The summed E-state index contributed by atoms with van der Waals surface area (Å²) >= 11 is 0. The molecule has 5 heterocycles. The highest BCUT2D eigenvalue weighted by atomic mass is 28.3. The molecule has 12 aromatic rings. The third-order valence-electron chi connectivity index (χ3n) is 14.1. The summed E-state index contributed by atoms with van der Waals surface area (Å²) in [6.07, 6.45) is 5.95. The maximum Gasteiger partial charge on any atom is 0.179 e. The molecule has 0 spiro atoms. The van der Waals surface area contributed by atoms with E-state index in [1.807, 2.05) is 12.4 Å². The van der Waals surface area contributed by atoms with Gasteiger partial charge in [-0.2, -0.15) is 0 Å². The first-order chi connectivity index (χ1) is 32.0. The predicted molar refractivity (Wildman–Crippen MR) is 273 cm³/mol. The molecule has 4 aromatic heterocycles. The van der Waals surface area contributed by atoms with Crippen LogP contribution in [0.15, 0.2) is 225 Å². The number of hydrogen-bond donors (Lipinski definition) is 0. The lowest BCUT2D eigenvalue weighted by Gasteiger charge is -2.41. The molecule has 0 aliphatic carbocycles. The van der Waals surface area contributed by atoms with Gasteiger partial charge in [0, 0.05) is 62.5 Å². The van der Waals surface area contributed by atoms with E-state index in [2.05, 4.69) is 240 Å². The maximum atomic E-state index is 5.25. The third-order valence-corrected chi connectivity index (χ3v) is 18.9. The lowest BCUT2D eigenvalue weighted by Crippen LogP contribution is -2.74. The molecule has 8 aromatic carbocycles. The number of hydrogen-bond acceptors (Lipinski definition) is 3. The summed E-state index contributed by atoms with van der Waals surface area (Å²) in [5.74, 6) is 0.954. The molecule has 0 saturated heterocycles. The first kappa shape index (κ1) is 37.5. The Balaban J connectivity index is 1.11. The minimum absolute atomic E-state index is 0.322. The number of fused-ring (bicyclic) bond motifs is 11. The molecule has 6 heteroatoms. The van der Waals surface area contributed by atoms with Crippen LogP contribution in [0.3, 0.4) is 0 Å². The average Bonchev–Trinajstić information content (AvgIpc) is 3.99. The van der Waals surface area contributed by atoms with Gasteiger partial charge in [-0.3, -0.25) is 9.30 Å². The van der Waals surface area contributed by atoms with Gasteiger partial charge in [-0.05, 0) is 86.3 Å². The summed E-state index contributed by atoms with van der Waals surface area (Å²) < 4.78 is 4.66. The molecule has 308 valence electrons. The number of rotatable bonds is 6. The molecule has 0 radical (unpaired) electrons. The summed E-state index contributed by atoms with van der Waals surface area (Å²) in [4.78, 5) is 12.7. The van der Waals surface area contributed by atoms with E-state index >= 15 is 0 Å². The van der Waals surface area contributed by atoms with Gasteiger partial charge in [0.1, 0.15) is 11.5 Å². The van der Waals surface area contributed by atoms with Crippen LogP contribution in [-0.2, 0) is 5.41 Å². The molecule has 0 unspecified atom stereocenters. The third kappa shape index (κ3) is 5.38. The summed E-state index contributed by atoms with van der Waals surface area (Å²) in [5, 5.41) is 11.3. The second-order valence-electron chi connectivity index (χ2n) is 17.8. The van der Waals surface area contributed by atoms with Gasteiger partial charge in [-0.25, -0.2) is 9.97 Å². The highest BCUT2D eigenvalue weighted by Crippen LogP contribution is 2.53. The van der Waals surface area contributed by atoms with Crippen LogP contribution in [0.2, 0.25) is 0 Å². The number of benzene rings is 8. The summed E-state index contributed by atoms with van der Waals surface area (Å²) in [6, 6.07) is 76.5. The Bertz CT molecular complexity index is 3780. The van der Waals surface area contributed by atoms with Crippen molar-refractivity contribution < 1.29 is 0 Å². The van der Waals surface area contributed by atoms with E-state index in [1.54, 1.807) is 0 Å². The summed E-state index contributed by atoms with van der Waals surface area (Å²) in [6.45, 7) is 4.70. The highest BCUT2D eigenvalue weighted by Gasteiger charge is 2.43. The van der Waals surface area contributed by atoms with E-state index in [9.17, 15) is 0 Å². The lowest BCUT2D eigenvalue weighted by molar-refractivity contribution is 0.628. The van der Waals surface area contributed by atoms with Gasteiger partial charge in [0.05, 0.1) is 22.2 Å². The van der Waals surface area contributed by atoms with Crippen LogP contribution in [0.25, 0.3) is 54.8 Å². The zero-order valence-electron chi connectivity index (χ0n) is 36.1. The zero-order chi connectivity index (χ0) is 43.3. The Kier molecular flexibility index (Phi) is 8.20. The van der Waals surface area contributed by atoms with E-state index in [-0.39, 0.29) is 5.41 Å². The Morgan fingerprint density at radius 1 is 0.415 bits per heavy atom. The molecule has 0 bridgehead atoms. The molecule has 1 aliphatic heterocycles. The number of aromatic nitrogens is 4. The number of anilines is 3. The monoisotopic (exact) mass is 849 g/mol. The Morgan fingerprint density at radius 3 is 1.80 bits per heavy atom. The smallest absolute Gasteiger partial charge is 0.179 e. The predicted octanol–water partition coefficient (Wildman–Crippen LogP) is 11.6. The standard InChI is InChI=1S/C59H43N5Si/c1-59(2)51-28-17-33-60-58(51)64(56-39-55-49(38-52(56)59)48-27-13-15-30-54(48)63(55)40-18-6-3-7-19-40)41-20-16-25-44(36-41)65(42-21-8-4-9-22-42,43-23-10-5-11-24-43)45-31-32-46-47-26-12-14-29-53(47)62-35-34-61-57(62)50(46)37-45/h3-39H,1-2H3. The number of para-hydroxylation sites is 3. The minimum atomic E-state index is -3.07. The second kappa shape index (κ2) is 14.2. The first-order valence-electron chi connectivity index (χ1n) is 22.4. The highest BCUT2D eigenvalue weighted by molar-refractivity contribution is 7.20. The van der Waals surface area contributed by atoms with Gasteiger partial charge in [-0.15, -0.1) is 0 Å². The Labute approximate surface area is 378 Å². The average molecular weight is 850 g/mol. The van der Waals surface area contributed by atoms with E-state index in [4.69, 9.17) is 9.97 Å². The number of pyridine rings is 2. The molecule has 1 aliphatic rings. The van der Waals surface area contributed by atoms with Crippen LogP contribution in [-0.4, -0.2) is 27.0 Å². The number of imidazole rings is 1. The van der Waals surface area contributed by atoms with E-state index < -0.39 is 8.07 Å². The largest absolute Gasteiger partial charge is 0.309 e. The SMILES string of the molecule is CC1(C)c2cc3c4ccccc4n(-c4ccccc4)c3cc2N(c2cccc([Si](c3ccccc3)(c3ccccc3)c3ccc4c5ccccc5n5ccnc5c4c3)c2)c2ncccc21. The maximum absolute atomic E-state index is 5.25. The van der Waals surface area contributed by atoms with Gasteiger partial charge >= 0.3 is 0 Å². The van der Waals surface area contributed by atoms with Crippen molar-refractivity contribution in [3.63, 3.8) is 0 Å². The quantitative estimate of drug-likeness (QED) is 0.0950. The molecule has 0 atom stereocenters. The van der Waals surface area contributed by atoms with Crippen molar-refractivity contribution >= 4 is 95.1 Å². The molecular formula is C59H43N5Si. The van der Waals surface area contributed by atoms with Crippen molar-refractivity contribution in [2.45, 2.75) is 19.3 Å². The van der Waals surface area contributed by atoms with Gasteiger partial charge in [0.25, 0.3) is 0 Å². The van der Waals surface area contributed by atoms with Crippen molar-refractivity contribution in [3.05, 3.63) is 236 Å². The van der Waals surface area contributed by atoms with Crippen molar-refractivity contribution in [2.75, 3.05) is 4.90 Å². The van der Waals surface area contributed by atoms with Gasteiger partial charge in [0.15, 0.2) is 8.07 Å². The van der Waals surface area contributed by atoms with Crippen LogP contribution < -0.4 is 25.6 Å². The zero-order valence-corrected chi connectivity index (χ0v) is 37.1. The molecular weight excluding hydrogens is 807 g/mol. The molecule has 0 saturated carbocycles. The Morgan fingerprint density at radius 2 is 1.05 bits per heavy atom. The first-order valence-corrected chi connectivity index (χ1v) is 24.4. The van der Waals surface area contributed by atoms with E-state index in [1.165, 1.54) is 64.5 Å². The van der Waals surface area contributed by atoms with Crippen molar-refractivity contribution in [3.8, 4) is 5.69 Å². The van der Waals surface area contributed by atoms with Crippen molar-refractivity contribution in [1.82, 2.24) is 18.9 Å². The fraction of sp³-hybridized carbons (Fsp3) is 0.0508. The fourth-order valence-corrected chi connectivity index (χ4v) is 16.0. The van der Waals surface area contributed by atoms with E-state index in [0.717, 1.165) is 39.4 Å².